The molecular weight excluding hydrogens is 408 g/mol. The van der Waals surface area contributed by atoms with Crippen LogP contribution in [0.3, 0.4) is 0 Å². The van der Waals surface area contributed by atoms with E-state index < -0.39 is 5.41 Å². The van der Waals surface area contributed by atoms with Crippen LogP contribution in [0.15, 0.2) is 59.4 Å². The van der Waals surface area contributed by atoms with E-state index in [1.165, 1.54) is 17.4 Å². The third-order valence-electron chi connectivity index (χ3n) is 5.59. The van der Waals surface area contributed by atoms with Crippen molar-refractivity contribution in [2.75, 3.05) is 0 Å². The van der Waals surface area contributed by atoms with Crippen molar-refractivity contribution in [3.63, 3.8) is 0 Å². The molecule has 1 aliphatic carbocycles. The maximum atomic E-state index is 12.9. The molecule has 5 nitrogen and oxygen atoms in total. The molecule has 2 aromatic carbocycles. The predicted molar refractivity (Wildman–Crippen MR) is 114 cm³/mol. The lowest BCUT2D eigenvalue weighted by molar-refractivity contribution is -0.156. The normalized spacial score (nSPS) is 15.3. The van der Waals surface area contributed by atoms with E-state index in [0.29, 0.717) is 15.7 Å². The van der Waals surface area contributed by atoms with Crippen molar-refractivity contribution in [3.8, 4) is 0 Å². The van der Waals surface area contributed by atoms with Crippen LogP contribution >= 0.6 is 22.9 Å². The summed E-state index contributed by atoms with van der Waals surface area (Å²) in [6, 6.07) is 16.5. The van der Waals surface area contributed by atoms with Gasteiger partial charge in [0.1, 0.15) is 6.61 Å². The molecule has 5 rings (SSSR count). The molecule has 1 fully saturated rings. The summed E-state index contributed by atoms with van der Waals surface area (Å²) in [6.07, 6.45) is 2.48. The SMILES string of the molecule is O=C(OCc1cc(=O)n2c(n1)sc1ccccc12)C1(c2ccc(Cl)cc2)CCC1. The molecule has 146 valence electrons. The summed E-state index contributed by atoms with van der Waals surface area (Å²) >= 11 is 7.42. The first-order valence-electron chi connectivity index (χ1n) is 9.40. The highest BCUT2D eigenvalue weighted by Crippen LogP contribution is 2.45. The zero-order valence-corrected chi connectivity index (χ0v) is 17.0. The zero-order chi connectivity index (χ0) is 20.0. The number of hydrogen-bond acceptors (Lipinski definition) is 5. The van der Waals surface area contributed by atoms with Crippen LogP contribution < -0.4 is 5.56 Å². The highest BCUT2D eigenvalue weighted by Gasteiger charge is 2.47. The summed E-state index contributed by atoms with van der Waals surface area (Å²) in [7, 11) is 0. The Hall–Kier alpha value is -2.70. The molecule has 29 heavy (non-hydrogen) atoms. The van der Waals surface area contributed by atoms with Crippen LogP contribution in [0.2, 0.25) is 5.02 Å². The first-order valence-corrected chi connectivity index (χ1v) is 10.6. The van der Waals surface area contributed by atoms with Gasteiger partial charge >= 0.3 is 5.97 Å². The molecule has 7 heteroatoms. The van der Waals surface area contributed by atoms with Crippen molar-refractivity contribution >= 4 is 44.1 Å². The minimum Gasteiger partial charge on any atom is -0.458 e. The van der Waals surface area contributed by atoms with Crippen LogP contribution in [0, 0.1) is 0 Å². The quantitative estimate of drug-likeness (QED) is 0.444. The number of carbonyl (C=O) groups is 1. The summed E-state index contributed by atoms with van der Waals surface area (Å²) < 4.78 is 8.20. The number of fused-ring (bicyclic) bond motifs is 3. The van der Waals surface area contributed by atoms with Crippen LogP contribution in [-0.2, 0) is 21.6 Å². The van der Waals surface area contributed by atoms with Gasteiger partial charge in [0.15, 0.2) is 4.96 Å². The van der Waals surface area contributed by atoms with E-state index in [1.807, 2.05) is 36.4 Å². The number of aromatic nitrogens is 2. The van der Waals surface area contributed by atoms with Gasteiger partial charge in [0.25, 0.3) is 5.56 Å². The average Bonchev–Trinajstić information content (AvgIpc) is 3.06. The lowest BCUT2D eigenvalue weighted by Crippen LogP contribution is -2.43. The number of hydrogen-bond donors (Lipinski definition) is 0. The topological polar surface area (TPSA) is 60.7 Å². The van der Waals surface area contributed by atoms with E-state index >= 15 is 0 Å². The first kappa shape index (κ1) is 18.3. The number of benzene rings is 2. The van der Waals surface area contributed by atoms with E-state index in [9.17, 15) is 9.59 Å². The average molecular weight is 425 g/mol. The molecule has 0 N–H and O–H groups in total. The fourth-order valence-electron chi connectivity index (χ4n) is 3.88. The van der Waals surface area contributed by atoms with Crippen molar-refractivity contribution in [1.82, 2.24) is 9.38 Å². The molecule has 0 radical (unpaired) electrons. The van der Waals surface area contributed by atoms with Gasteiger partial charge < -0.3 is 4.74 Å². The Bertz CT molecular complexity index is 1290. The van der Waals surface area contributed by atoms with Gasteiger partial charge in [-0.3, -0.25) is 14.0 Å². The first-order chi connectivity index (χ1) is 14.1. The Kier molecular flexibility index (Phi) is 4.41. The Morgan fingerprint density at radius 2 is 1.93 bits per heavy atom. The Labute approximate surface area is 175 Å². The van der Waals surface area contributed by atoms with E-state index in [0.717, 1.165) is 35.0 Å². The van der Waals surface area contributed by atoms with Crippen molar-refractivity contribution in [2.45, 2.75) is 31.3 Å². The third-order valence-corrected chi connectivity index (χ3v) is 6.87. The van der Waals surface area contributed by atoms with Crippen LogP contribution in [0.4, 0.5) is 0 Å². The summed E-state index contributed by atoms with van der Waals surface area (Å²) in [5, 5.41) is 0.637. The summed E-state index contributed by atoms with van der Waals surface area (Å²) in [4.78, 5) is 30.7. The van der Waals surface area contributed by atoms with Gasteiger partial charge in [0.05, 0.1) is 21.3 Å². The number of esters is 1. The van der Waals surface area contributed by atoms with Crippen molar-refractivity contribution < 1.29 is 9.53 Å². The molecule has 4 aromatic rings. The smallest absolute Gasteiger partial charge is 0.316 e. The number of halogens is 1. The minimum absolute atomic E-state index is 0.0197. The molecule has 0 spiro atoms. The van der Waals surface area contributed by atoms with Crippen LogP contribution in [0.25, 0.3) is 15.2 Å². The Morgan fingerprint density at radius 1 is 1.17 bits per heavy atom. The second-order valence-electron chi connectivity index (χ2n) is 7.29. The summed E-state index contributed by atoms with van der Waals surface area (Å²) in [6.45, 7) is -0.0197. The summed E-state index contributed by atoms with van der Waals surface area (Å²) in [5.41, 5.74) is 1.42. The van der Waals surface area contributed by atoms with E-state index in [2.05, 4.69) is 4.98 Å². The van der Waals surface area contributed by atoms with Crippen molar-refractivity contribution in [1.29, 1.82) is 0 Å². The number of carbonyl (C=O) groups excluding carboxylic acids is 1. The van der Waals surface area contributed by atoms with Crippen LogP contribution in [-0.4, -0.2) is 15.4 Å². The van der Waals surface area contributed by atoms with Gasteiger partial charge in [-0.2, -0.15) is 0 Å². The molecular formula is C22H17ClN2O3S. The molecule has 0 saturated heterocycles. The van der Waals surface area contributed by atoms with E-state index in [4.69, 9.17) is 16.3 Å². The summed E-state index contributed by atoms with van der Waals surface area (Å²) in [5.74, 6) is -0.274. The highest BCUT2D eigenvalue weighted by atomic mass is 35.5. The lowest BCUT2D eigenvalue weighted by Gasteiger charge is -2.39. The van der Waals surface area contributed by atoms with E-state index in [1.54, 1.807) is 16.5 Å². The molecule has 0 atom stereocenters. The number of nitrogens with zero attached hydrogens (tertiary/aromatic N) is 2. The minimum atomic E-state index is -0.624. The third kappa shape index (κ3) is 3.03. The van der Waals surface area contributed by atoms with Gasteiger partial charge in [0, 0.05) is 11.1 Å². The van der Waals surface area contributed by atoms with Gasteiger partial charge in [-0.05, 0) is 42.7 Å². The van der Waals surface area contributed by atoms with E-state index in [-0.39, 0.29) is 18.1 Å². The lowest BCUT2D eigenvalue weighted by atomic mass is 9.64. The van der Waals surface area contributed by atoms with Gasteiger partial charge in [0.2, 0.25) is 0 Å². The van der Waals surface area contributed by atoms with Gasteiger partial charge in [-0.1, -0.05) is 53.6 Å². The monoisotopic (exact) mass is 424 g/mol. The van der Waals surface area contributed by atoms with Crippen LogP contribution in [0.5, 0.6) is 0 Å². The standard InChI is InChI=1S/C22H17ClN2O3S/c23-15-8-6-14(7-9-15)22(10-3-11-22)20(27)28-13-16-12-19(26)25-17-4-1-2-5-18(17)29-21(25)24-16/h1-2,4-9,12H,3,10-11,13H2. The fraction of sp³-hybridized carbons (Fsp3) is 0.227. The fourth-order valence-corrected chi connectivity index (χ4v) is 5.06. The van der Waals surface area contributed by atoms with Crippen LogP contribution in [0.1, 0.15) is 30.5 Å². The van der Waals surface area contributed by atoms with Crippen molar-refractivity contribution in [2.24, 2.45) is 0 Å². The maximum absolute atomic E-state index is 12.9. The van der Waals surface area contributed by atoms with Crippen molar-refractivity contribution in [3.05, 3.63) is 81.2 Å². The molecule has 0 aliphatic heterocycles. The molecule has 0 bridgehead atoms. The Morgan fingerprint density at radius 3 is 2.66 bits per heavy atom. The number of ether oxygens (including phenoxy) is 1. The molecule has 1 aliphatic rings. The molecule has 1 saturated carbocycles. The van der Waals surface area contributed by atoms with Gasteiger partial charge in [-0.15, -0.1) is 0 Å². The molecule has 0 unspecified atom stereocenters. The maximum Gasteiger partial charge on any atom is 0.316 e. The number of para-hydroxylation sites is 1. The largest absolute Gasteiger partial charge is 0.458 e. The highest BCUT2D eigenvalue weighted by molar-refractivity contribution is 7.23. The predicted octanol–water partition coefficient (Wildman–Crippen LogP) is 4.73. The molecule has 2 heterocycles. The second kappa shape index (κ2) is 6.97. The zero-order valence-electron chi connectivity index (χ0n) is 15.4. The Balaban J connectivity index is 1.41. The molecule has 2 aromatic heterocycles. The van der Waals surface area contributed by atoms with Gasteiger partial charge in [-0.25, -0.2) is 4.98 Å². The number of rotatable bonds is 4. The number of thiazole rings is 1. The second-order valence-corrected chi connectivity index (χ2v) is 8.74. The molecule has 0 amide bonds.